The van der Waals surface area contributed by atoms with Crippen LogP contribution in [0.5, 0.6) is 0 Å². The van der Waals surface area contributed by atoms with Crippen LogP contribution in [0, 0.1) is 0 Å². The van der Waals surface area contributed by atoms with Gasteiger partial charge in [-0.15, -0.1) is 0 Å². The number of alkyl halides is 3. The summed E-state index contributed by atoms with van der Waals surface area (Å²) in [6.07, 6.45) is -3.45. The quantitative estimate of drug-likeness (QED) is 0.861. The molecule has 1 saturated heterocycles. The molecule has 1 aromatic heterocycles. The third-order valence-electron chi connectivity index (χ3n) is 3.56. The van der Waals surface area contributed by atoms with Crippen molar-refractivity contribution in [2.45, 2.75) is 25.2 Å². The molecule has 128 valence electrons. The number of hydrogen-bond acceptors (Lipinski definition) is 4. The first-order valence-corrected chi connectivity index (χ1v) is 6.90. The maximum absolute atomic E-state index is 12.5. The van der Waals surface area contributed by atoms with E-state index in [1.165, 1.54) is 11.9 Å². The van der Waals surface area contributed by atoms with Crippen molar-refractivity contribution in [2.24, 2.45) is 0 Å². The molecule has 0 aromatic carbocycles. The normalized spacial score (nSPS) is 22.0. The molecule has 0 spiro atoms. The van der Waals surface area contributed by atoms with Crippen LogP contribution in [-0.2, 0) is 27.0 Å². The molecule has 10 heteroatoms. The van der Waals surface area contributed by atoms with E-state index < -0.39 is 23.4 Å². The average molecular weight is 334 g/mol. The van der Waals surface area contributed by atoms with Crippen LogP contribution in [0.3, 0.4) is 0 Å². The lowest BCUT2D eigenvalue weighted by atomic mass is 10.0. The van der Waals surface area contributed by atoms with E-state index in [0.717, 1.165) is 16.9 Å². The summed E-state index contributed by atoms with van der Waals surface area (Å²) in [6.45, 7) is 1.68. The van der Waals surface area contributed by atoms with Gasteiger partial charge in [-0.25, -0.2) is 0 Å². The molecule has 1 fully saturated rings. The summed E-state index contributed by atoms with van der Waals surface area (Å²) in [5, 5.41) is 5.80. The Balaban J connectivity index is 2.03. The Kier molecular flexibility index (Phi) is 4.64. The molecule has 7 nitrogen and oxygen atoms in total. The van der Waals surface area contributed by atoms with Crippen LogP contribution < -0.4 is 5.32 Å². The molecule has 1 aromatic rings. The highest BCUT2D eigenvalue weighted by Crippen LogP contribution is 2.27. The number of hydrogen-bond donors (Lipinski definition) is 1. The number of amides is 2. The Bertz CT molecular complexity index is 602. The van der Waals surface area contributed by atoms with Gasteiger partial charge in [-0.2, -0.15) is 18.3 Å². The van der Waals surface area contributed by atoms with Crippen LogP contribution in [0.15, 0.2) is 12.3 Å². The smallest absolute Gasteiger partial charge is 0.362 e. The number of rotatable bonds is 3. The van der Waals surface area contributed by atoms with E-state index in [1.807, 2.05) is 0 Å². The van der Waals surface area contributed by atoms with Crippen LogP contribution in [0.2, 0.25) is 0 Å². The number of halogens is 3. The number of ether oxygens (including phenoxy) is 1. The van der Waals surface area contributed by atoms with E-state index >= 15 is 0 Å². The molecule has 0 bridgehead atoms. The summed E-state index contributed by atoms with van der Waals surface area (Å²) in [5.41, 5.74) is -2.23. The third kappa shape index (κ3) is 3.81. The number of aromatic nitrogens is 2. The fourth-order valence-electron chi connectivity index (χ4n) is 2.32. The van der Waals surface area contributed by atoms with Crippen molar-refractivity contribution in [3.8, 4) is 0 Å². The number of carbonyl (C=O) groups is 2. The number of carbonyl (C=O) groups excluding carboxylic acids is 2. The lowest BCUT2D eigenvalue weighted by Crippen LogP contribution is -2.59. The molecule has 1 aliphatic rings. The van der Waals surface area contributed by atoms with Crippen molar-refractivity contribution in [1.82, 2.24) is 20.0 Å². The van der Waals surface area contributed by atoms with E-state index in [0.29, 0.717) is 0 Å². The van der Waals surface area contributed by atoms with Crippen LogP contribution in [-0.4, -0.2) is 58.8 Å². The molecular formula is C13H17F3N4O3. The molecule has 0 aliphatic carbocycles. The molecule has 0 radical (unpaired) electrons. The lowest BCUT2D eigenvalue weighted by molar-refractivity contribution is -0.163. The van der Waals surface area contributed by atoms with Crippen LogP contribution in [0.1, 0.15) is 12.6 Å². The minimum absolute atomic E-state index is 0.0267. The molecule has 1 unspecified atom stereocenters. The Labute approximate surface area is 130 Å². The predicted molar refractivity (Wildman–Crippen MR) is 72.2 cm³/mol. The predicted octanol–water partition coefficient (Wildman–Crippen LogP) is 0.265. The number of nitrogens with zero attached hydrogens (tertiary/aromatic N) is 3. The molecule has 1 N–H and O–H groups in total. The summed E-state index contributed by atoms with van der Waals surface area (Å²) >= 11 is 0. The fourth-order valence-corrected chi connectivity index (χ4v) is 2.32. The zero-order valence-corrected chi connectivity index (χ0v) is 12.7. The Hall–Kier alpha value is -2.10. The van der Waals surface area contributed by atoms with Gasteiger partial charge in [0.05, 0.1) is 13.2 Å². The van der Waals surface area contributed by atoms with Crippen LogP contribution in [0.25, 0.3) is 0 Å². The standard InChI is InChI=1S/C13H17F3N4O3/c1-12(11(22)17-2)8-19(5-6-23-12)10(21)7-20-4-3-9(18-20)13(14,15)16/h3-4H,5-8H2,1-2H3,(H,17,22). The Morgan fingerprint density at radius 1 is 1.48 bits per heavy atom. The van der Waals surface area contributed by atoms with Crippen LogP contribution in [0.4, 0.5) is 13.2 Å². The molecule has 2 heterocycles. The van der Waals surface area contributed by atoms with Crippen LogP contribution >= 0.6 is 0 Å². The van der Waals surface area contributed by atoms with Gasteiger partial charge in [-0.05, 0) is 13.0 Å². The summed E-state index contributed by atoms with van der Waals surface area (Å²) < 4.78 is 43.8. The third-order valence-corrected chi connectivity index (χ3v) is 3.56. The summed E-state index contributed by atoms with van der Waals surface area (Å²) in [4.78, 5) is 25.4. The maximum Gasteiger partial charge on any atom is 0.435 e. The monoisotopic (exact) mass is 334 g/mol. The van der Waals surface area contributed by atoms with Crippen molar-refractivity contribution in [3.63, 3.8) is 0 Å². The lowest BCUT2D eigenvalue weighted by Gasteiger charge is -2.39. The van der Waals surface area contributed by atoms with Crippen molar-refractivity contribution in [3.05, 3.63) is 18.0 Å². The maximum atomic E-state index is 12.5. The highest BCUT2D eigenvalue weighted by atomic mass is 19.4. The second-order valence-corrected chi connectivity index (χ2v) is 5.37. The topological polar surface area (TPSA) is 76.5 Å². The van der Waals surface area contributed by atoms with Gasteiger partial charge in [0.1, 0.15) is 6.54 Å². The molecule has 23 heavy (non-hydrogen) atoms. The van der Waals surface area contributed by atoms with E-state index in [4.69, 9.17) is 4.74 Å². The van der Waals surface area contributed by atoms with Gasteiger partial charge in [0, 0.05) is 19.8 Å². The minimum atomic E-state index is -4.55. The Morgan fingerprint density at radius 3 is 2.74 bits per heavy atom. The zero-order valence-electron chi connectivity index (χ0n) is 12.7. The molecular weight excluding hydrogens is 317 g/mol. The summed E-state index contributed by atoms with van der Waals surface area (Å²) in [5.74, 6) is -0.798. The van der Waals surface area contributed by atoms with E-state index in [9.17, 15) is 22.8 Å². The average Bonchev–Trinajstić information content (AvgIpc) is 2.95. The minimum Gasteiger partial charge on any atom is -0.362 e. The molecule has 0 saturated carbocycles. The van der Waals surface area contributed by atoms with Crippen molar-refractivity contribution in [1.29, 1.82) is 0 Å². The van der Waals surface area contributed by atoms with Gasteiger partial charge < -0.3 is 15.0 Å². The number of likely N-dealkylation sites (N-methyl/N-ethyl adjacent to an activating group) is 1. The van der Waals surface area contributed by atoms with Crippen molar-refractivity contribution < 1.29 is 27.5 Å². The zero-order chi connectivity index (χ0) is 17.3. The molecule has 2 rings (SSSR count). The SMILES string of the molecule is CNC(=O)C1(C)CN(C(=O)Cn2ccc(C(F)(F)F)n2)CCO1. The van der Waals surface area contributed by atoms with Gasteiger partial charge in [-0.1, -0.05) is 0 Å². The first kappa shape index (κ1) is 17.3. The van der Waals surface area contributed by atoms with Gasteiger partial charge in [0.2, 0.25) is 5.91 Å². The summed E-state index contributed by atoms with van der Waals surface area (Å²) in [6, 6.07) is 0.807. The van der Waals surface area contributed by atoms with Gasteiger partial charge in [0.25, 0.3) is 5.91 Å². The molecule has 1 atom stereocenters. The first-order valence-electron chi connectivity index (χ1n) is 6.90. The molecule has 2 amide bonds. The highest BCUT2D eigenvalue weighted by Gasteiger charge is 2.40. The van der Waals surface area contributed by atoms with E-state index in [2.05, 4.69) is 10.4 Å². The first-order chi connectivity index (χ1) is 10.7. The van der Waals surface area contributed by atoms with E-state index in [1.54, 1.807) is 6.92 Å². The van der Waals surface area contributed by atoms with E-state index in [-0.39, 0.29) is 32.1 Å². The number of morpholine rings is 1. The fraction of sp³-hybridized carbons (Fsp3) is 0.615. The second kappa shape index (κ2) is 6.19. The van der Waals surface area contributed by atoms with Crippen molar-refractivity contribution >= 4 is 11.8 Å². The van der Waals surface area contributed by atoms with Gasteiger partial charge in [-0.3, -0.25) is 14.3 Å². The summed E-state index contributed by atoms with van der Waals surface area (Å²) in [7, 11) is 1.46. The highest BCUT2D eigenvalue weighted by molar-refractivity contribution is 5.86. The largest absolute Gasteiger partial charge is 0.435 e. The van der Waals surface area contributed by atoms with Gasteiger partial charge >= 0.3 is 6.18 Å². The Morgan fingerprint density at radius 2 is 2.17 bits per heavy atom. The van der Waals surface area contributed by atoms with Gasteiger partial charge in [0.15, 0.2) is 11.3 Å². The molecule has 1 aliphatic heterocycles. The second-order valence-electron chi connectivity index (χ2n) is 5.37. The van der Waals surface area contributed by atoms with Crippen molar-refractivity contribution in [2.75, 3.05) is 26.7 Å². The number of nitrogens with one attached hydrogen (secondary N) is 1.